The fraction of sp³-hybridized carbons (Fsp3) is 0.250. The molecule has 0 aromatic heterocycles. The van der Waals surface area contributed by atoms with E-state index in [0.717, 1.165) is 18.4 Å². The van der Waals surface area contributed by atoms with E-state index in [1.165, 1.54) is 25.3 Å². The molecule has 0 N–H and O–H groups in total. The molecule has 0 radical (unpaired) electrons. The predicted octanol–water partition coefficient (Wildman–Crippen LogP) is 4.46. The van der Waals surface area contributed by atoms with Crippen molar-refractivity contribution < 1.29 is 19.2 Å². The quantitative estimate of drug-likeness (QED) is 0.302. The molecule has 26 heavy (non-hydrogen) atoms. The molecule has 2 aromatic rings. The lowest BCUT2D eigenvalue weighted by molar-refractivity contribution is -0.384. The summed E-state index contributed by atoms with van der Waals surface area (Å²) in [4.78, 5) is 23.0. The minimum Gasteiger partial charge on any atom is -0.496 e. The van der Waals surface area contributed by atoms with Crippen LogP contribution in [0.15, 0.2) is 42.5 Å². The zero-order chi connectivity index (χ0) is 19.1. The van der Waals surface area contributed by atoms with Gasteiger partial charge in [-0.2, -0.15) is 0 Å². The second kappa shape index (κ2) is 8.80. The fourth-order valence-electron chi connectivity index (χ4n) is 2.63. The fourth-order valence-corrected chi connectivity index (χ4v) is 2.63. The van der Waals surface area contributed by atoms with Crippen molar-refractivity contribution in [3.63, 3.8) is 0 Å². The molecule has 2 aromatic carbocycles. The molecule has 6 heteroatoms. The van der Waals surface area contributed by atoms with Gasteiger partial charge in [-0.25, -0.2) is 0 Å². The van der Waals surface area contributed by atoms with Crippen molar-refractivity contribution in [1.29, 1.82) is 0 Å². The number of nitrogens with zero attached hydrogens (tertiary/aromatic N) is 1. The standard InChI is InChI=1S/C20H21NO5/c1-4-6-15-12-17(20(26-3)13-19(15)25-2)18(22)10-9-14-7-5-8-16(11-14)21(23)24/h5,7-13H,4,6H2,1-3H3/b10-9+. The van der Waals surface area contributed by atoms with E-state index in [-0.39, 0.29) is 11.5 Å². The van der Waals surface area contributed by atoms with Gasteiger partial charge in [-0.15, -0.1) is 0 Å². The van der Waals surface area contributed by atoms with Crippen LogP contribution in [0, 0.1) is 10.1 Å². The topological polar surface area (TPSA) is 78.7 Å². The van der Waals surface area contributed by atoms with E-state index in [9.17, 15) is 14.9 Å². The number of allylic oxidation sites excluding steroid dienone is 1. The Labute approximate surface area is 152 Å². The molecule has 0 amide bonds. The lowest BCUT2D eigenvalue weighted by Crippen LogP contribution is -2.03. The molecule has 0 atom stereocenters. The highest BCUT2D eigenvalue weighted by Crippen LogP contribution is 2.30. The number of carbonyl (C=O) groups is 1. The van der Waals surface area contributed by atoms with Crippen molar-refractivity contribution in [2.24, 2.45) is 0 Å². The summed E-state index contributed by atoms with van der Waals surface area (Å²) in [6.07, 6.45) is 4.64. The van der Waals surface area contributed by atoms with E-state index in [1.807, 2.05) is 6.92 Å². The third-order valence-electron chi connectivity index (χ3n) is 3.90. The number of carbonyl (C=O) groups excluding carboxylic acids is 1. The third kappa shape index (κ3) is 4.47. The largest absolute Gasteiger partial charge is 0.496 e. The molecule has 0 aliphatic rings. The van der Waals surface area contributed by atoms with Gasteiger partial charge in [0, 0.05) is 18.2 Å². The smallest absolute Gasteiger partial charge is 0.270 e. The van der Waals surface area contributed by atoms with Crippen molar-refractivity contribution in [3.8, 4) is 11.5 Å². The van der Waals surface area contributed by atoms with E-state index >= 15 is 0 Å². The van der Waals surface area contributed by atoms with Crippen LogP contribution in [-0.2, 0) is 6.42 Å². The summed E-state index contributed by atoms with van der Waals surface area (Å²) >= 11 is 0. The molecule has 0 spiro atoms. The molecule has 0 heterocycles. The molecular formula is C20H21NO5. The van der Waals surface area contributed by atoms with Gasteiger partial charge in [0.05, 0.1) is 24.7 Å². The second-order valence-corrected chi connectivity index (χ2v) is 5.66. The highest BCUT2D eigenvalue weighted by molar-refractivity contribution is 6.09. The normalized spacial score (nSPS) is 10.7. The number of ketones is 1. The minimum absolute atomic E-state index is 0.0214. The lowest BCUT2D eigenvalue weighted by atomic mass is 10.0. The first-order chi connectivity index (χ1) is 12.5. The van der Waals surface area contributed by atoms with Gasteiger partial charge in [-0.3, -0.25) is 14.9 Å². The average molecular weight is 355 g/mol. The van der Waals surface area contributed by atoms with Crippen LogP contribution in [0.5, 0.6) is 11.5 Å². The Morgan fingerprint density at radius 3 is 2.50 bits per heavy atom. The summed E-state index contributed by atoms with van der Waals surface area (Å²) in [7, 11) is 3.08. The summed E-state index contributed by atoms with van der Waals surface area (Å²) in [5.41, 5.74) is 1.92. The molecule has 0 bridgehead atoms. The van der Waals surface area contributed by atoms with Crippen LogP contribution in [0.2, 0.25) is 0 Å². The van der Waals surface area contributed by atoms with E-state index in [2.05, 4.69) is 0 Å². The second-order valence-electron chi connectivity index (χ2n) is 5.66. The maximum atomic E-state index is 12.6. The number of nitro benzene ring substituents is 1. The zero-order valence-corrected chi connectivity index (χ0v) is 15.0. The Morgan fingerprint density at radius 2 is 1.88 bits per heavy atom. The van der Waals surface area contributed by atoms with Crippen LogP contribution in [0.25, 0.3) is 6.08 Å². The van der Waals surface area contributed by atoms with Crippen molar-refractivity contribution >= 4 is 17.5 Å². The number of ether oxygens (including phenoxy) is 2. The first kappa shape index (κ1) is 19.2. The maximum absolute atomic E-state index is 12.6. The highest BCUT2D eigenvalue weighted by atomic mass is 16.6. The Hall–Kier alpha value is -3.15. The Bertz CT molecular complexity index is 842. The molecule has 0 aliphatic heterocycles. The number of aryl methyl sites for hydroxylation is 1. The number of methoxy groups -OCH3 is 2. The van der Waals surface area contributed by atoms with Crippen LogP contribution in [0.1, 0.15) is 34.8 Å². The van der Waals surface area contributed by atoms with Gasteiger partial charge in [0.2, 0.25) is 0 Å². The van der Waals surface area contributed by atoms with E-state index in [0.29, 0.717) is 22.6 Å². The van der Waals surface area contributed by atoms with Crippen molar-refractivity contribution in [2.45, 2.75) is 19.8 Å². The average Bonchev–Trinajstić information content (AvgIpc) is 2.66. The van der Waals surface area contributed by atoms with Gasteiger partial charge in [0.25, 0.3) is 5.69 Å². The molecule has 0 unspecified atom stereocenters. The summed E-state index contributed by atoms with van der Waals surface area (Å²) in [5.74, 6) is 0.867. The number of nitro groups is 1. The number of rotatable bonds is 8. The summed E-state index contributed by atoms with van der Waals surface area (Å²) < 4.78 is 10.7. The molecule has 0 aliphatic carbocycles. The van der Waals surface area contributed by atoms with Gasteiger partial charge in [-0.05, 0) is 29.7 Å². The van der Waals surface area contributed by atoms with Gasteiger partial charge >= 0.3 is 0 Å². The molecular weight excluding hydrogens is 334 g/mol. The van der Waals surface area contributed by atoms with Crippen LogP contribution in [-0.4, -0.2) is 24.9 Å². The molecule has 2 rings (SSSR count). The predicted molar refractivity (Wildman–Crippen MR) is 100 cm³/mol. The highest BCUT2D eigenvalue weighted by Gasteiger charge is 2.15. The van der Waals surface area contributed by atoms with Gasteiger partial charge < -0.3 is 9.47 Å². The summed E-state index contributed by atoms with van der Waals surface area (Å²) in [5, 5.41) is 10.8. The number of hydrogen-bond donors (Lipinski definition) is 0. The number of benzene rings is 2. The van der Waals surface area contributed by atoms with Gasteiger partial charge in [0.1, 0.15) is 11.5 Å². The third-order valence-corrected chi connectivity index (χ3v) is 3.90. The monoisotopic (exact) mass is 355 g/mol. The van der Waals surface area contributed by atoms with Crippen LogP contribution in [0.3, 0.4) is 0 Å². The Balaban J connectivity index is 2.35. The molecule has 0 saturated heterocycles. The minimum atomic E-state index is -0.470. The molecule has 0 saturated carbocycles. The van der Waals surface area contributed by atoms with Crippen LogP contribution < -0.4 is 9.47 Å². The summed E-state index contributed by atoms with van der Waals surface area (Å²) in [6.45, 7) is 2.05. The number of non-ortho nitro benzene ring substituents is 1. The van der Waals surface area contributed by atoms with Crippen LogP contribution >= 0.6 is 0 Å². The van der Waals surface area contributed by atoms with E-state index in [4.69, 9.17) is 9.47 Å². The molecule has 136 valence electrons. The number of hydrogen-bond acceptors (Lipinski definition) is 5. The Kier molecular flexibility index (Phi) is 6.49. The summed E-state index contributed by atoms with van der Waals surface area (Å²) in [6, 6.07) is 9.58. The van der Waals surface area contributed by atoms with Gasteiger partial charge in [-0.1, -0.05) is 31.6 Å². The van der Waals surface area contributed by atoms with Crippen molar-refractivity contribution in [1.82, 2.24) is 0 Å². The van der Waals surface area contributed by atoms with Crippen LogP contribution in [0.4, 0.5) is 5.69 Å². The maximum Gasteiger partial charge on any atom is 0.270 e. The zero-order valence-electron chi connectivity index (χ0n) is 15.0. The van der Waals surface area contributed by atoms with E-state index in [1.54, 1.807) is 37.5 Å². The Morgan fingerprint density at radius 1 is 1.15 bits per heavy atom. The van der Waals surface area contributed by atoms with Crippen molar-refractivity contribution in [2.75, 3.05) is 14.2 Å². The molecule has 0 fully saturated rings. The first-order valence-corrected chi connectivity index (χ1v) is 8.22. The van der Waals surface area contributed by atoms with E-state index < -0.39 is 4.92 Å². The first-order valence-electron chi connectivity index (χ1n) is 8.22. The lowest BCUT2D eigenvalue weighted by Gasteiger charge is -2.13. The van der Waals surface area contributed by atoms with Crippen molar-refractivity contribution in [3.05, 3.63) is 69.3 Å². The molecule has 6 nitrogen and oxygen atoms in total. The SMILES string of the molecule is CCCc1cc(C(=O)/C=C/c2cccc([N+](=O)[O-])c2)c(OC)cc1OC. The van der Waals surface area contributed by atoms with Gasteiger partial charge in [0.15, 0.2) is 5.78 Å².